The molecule has 0 amide bonds. The molecule has 0 unspecified atom stereocenters. The lowest BCUT2D eigenvalue weighted by atomic mass is 10.2. The van der Waals surface area contributed by atoms with Crippen LogP contribution < -0.4 is 4.72 Å². The first kappa shape index (κ1) is 13.3. The fourth-order valence-electron chi connectivity index (χ4n) is 1.54. The zero-order valence-corrected chi connectivity index (χ0v) is 11.0. The molecule has 98 valence electrons. The van der Waals surface area contributed by atoms with Crippen LogP contribution in [-0.2, 0) is 10.0 Å². The molecule has 1 N–H and O–H groups in total. The molecule has 2 aromatic rings. The zero-order valence-electron chi connectivity index (χ0n) is 10.2. The molecule has 0 aliphatic rings. The summed E-state index contributed by atoms with van der Waals surface area (Å²) in [4.78, 5) is 0.116. The normalized spacial score (nSPS) is 12.8. The molecule has 0 aliphatic heterocycles. The lowest BCUT2D eigenvalue weighted by Gasteiger charge is -2.10. The highest BCUT2D eigenvalue weighted by Crippen LogP contribution is 2.17. The van der Waals surface area contributed by atoms with Crippen molar-refractivity contribution in [2.24, 2.45) is 0 Å². The molecule has 6 heteroatoms. The summed E-state index contributed by atoms with van der Waals surface area (Å²) in [6.45, 7) is 1.87. The van der Waals surface area contributed by atoms with Crippen molar-refractivity contribution in [3.63, 3.8) is 0 Å². The van der Waals surface area contributed by atoms with Crippen molar-refractivity contribution in [3.05, 3.63) is 54.0 Å². The van der Waals surface area contributed by atoms with Gasteiger partial charge in [0, 0.05) is 0 Å². The first-order valence-corrected chi connectivity index (χ1v) is 7.03. The first-order chi connectivity index (χ1) is 9.03. The van der Waals surface area contributed by atoms with Crippen LogP contribution in [-0.4, -0.2) is 8.42 Å². The fourth-order valence-corrected chi connectivity index (χ4v) is 2.65. The number of nitrogens with zero attached hydrogens (tertiary/aromatic N) is 1. The number of sulfonamides is 1. The van der Waals surface area contributed by atoms with Crippen LogP contribution in [0.3, 0.4) is 0 Å². The van der Waals surface area contributed by atoms with E-state index in [1.165, 1.54) is 18.4 Å². The van der Waals surface area contributed by atoms with Crippen LogP contribution in [0.1, 0.15) is 17.4 Å². The Bertz CT molecular complexity index is 682. The second-order valence-corrected chi connectivity index (χ2v) is 5.73. The van der Waals surface area contributed by atoms with Crippen molar-refractivity contribution >= 4 is 10.0 Å². The summed E-state index contributed by atoms with van der Waals surface area (Å²) in [7, 11) is -3.75. The highest BCUT2D eigenvalue weighted by atomic mass is 32.2. The molecule has 0 bridgehead atoms. The fraction of sp³-hybridized carbons (Fsp3) is 0.154. The van der Waals surface area contributed by atoms with Crippen LogP contribution >= 0.6 is 0 Å². The van der Waals surface area contributed by atoms with Crippen LogP contribution in [0, 0.1) is 18.3 Å². The molecular formula is C13H12N2O3S. The third-order valence-corrected chi connectivity index (χ3v) is 4.00. The second-order valence-electron chi connectivity index (χ2n) is 4.01. The average molecular weight is 276 g/mol. The number of aryl methyl sites for hydroxylation is 1. The molecule has 0 saturated heterocycles. The Morgan fingerprint density at radius 1 is 1.26 bits per heavy atom. The van der Waals surface area contributed by atoms with Gasteiger partial charge < -0.3 is 4.42 Å². The van der Waals surface area contributed by atoms with Gasteiger partial charge in [-0.15, -0.1) is 0 Å². The van der Waals surface area contributed by atoms with E-state index in [2.05, 4.69) is 4.72 Å². The van der Waals surface area contributed by atoms with Crippen molar-refractivity contribution in [1.29, 1.82) is 5.26 Å². The Hall–Kier alpha value is -2.10. The van der Waals surface area contributed by atoms with Gasteiger partial charge in [0.2, 0.25) is 10.0 Å². The molecule has 0 aliphatic carbocycles. The van der Waals surface area contributed by atoms with E-state index in [9.17, 15) is 8.42 Å². The molecule has 5 nitrogen and oxygen atoms in total. The second kappa shape index (κ2) is 5.26. The van der Waals surface area contributed by atoms with Crippen LogP contribution in [0.25, 0.3) is 0 Å². The molecule has 0 saturated carbocycles. The minimum Gasteiger partial charge on any atom is -0.467 e. The molecule has 2 rings (SSSR count). The first-order valence-electron chi connectivity index (χ1n) is 5.55. The van der Waals surface area contributed by atoms with Gasteiger partial charge in [0.25, 0.3) is 0 Å². The van der Waals surface area contributed by atoms with E-state index in [0.29, 0.717) is 0 Å². The van der Waals surface area contributed by atoms with Crippen molar-refractivity contribution in [2.75, 3.05) is 0 Å². The van der Waals surface area contributed by atoms with E-state index in [1.807, 2.05) is 13.0 Å². The predicted molar refractivity (Wildman–Crippen MR) is 68.6 cm³/mol. The van der Waals surface area contributed by atoms with Gasteiger partial charge in [-0.25, -0.2) is 8.42 Å². The maximum atomic E-state index is 12.1. The Labute approximate surface area is 111 Å². The summed E-state index contributed by atoms with van der Waals surface area (Å²) in [5, 5.41) is 9.02. The van der Waals surface area contributed by atoms with Crippen LogP contribution in [0.15, 0.2) is 52.0 Å². The van der Waals surface area contributed by atoms with Crippen LogP contribution in [0.5, 0.6) is 0 Å². The Balaban J connectivity index is 2.26. The minimum absolute atomic E-state index is 0.116. The molecule has 1 aromatic carbocycles. The number of benzene rings is 1. The van der Waals surface area contributed by atoms with E-state index in [1.54, 1.807) is 24.3 Å². The van der Waals surface area contributed by atoms with Crippen LogP contribution in [0.2, 0.25) is 0 Å². The summed E-state index contributed by atoms with van der Waals surface area (Å²) in [6, 6.07) is 10.3. The highest BCUT2D eigenvalue weighted by Gasteiger charge is 2.22. The summed E-state index contributed by atoms with van der Waals surface area (Å²) in [5.41, 5.74) is 0.960. The Kier molecular flexibility index (Phi) is 3.69. The molecule has 1 heterocycles. The van der Waals surface area contributed by atoms with E-state index >= 15 is 0 Å². The standard InChI is InChI=1S/C13H12N2O3S/c1-10-4-6-11(7-5-10)19(16,17)15-12(9-14)13-3-2-8-18-13/h2-8,12,15H,1H3/t12-/m1/s1. The predicted octanol–water partition coefficient (Wildman–Crippen LogP) is 2.13. The highest BCUT2D eigenvalue weighted by molar-refractivity contribution is 7.89. The average Bonchev–Trinajstić information content (AvgIpc) is 2.90. The molecule has 19 heavy (non-hydrogen) atoms. The topological polar surface area (TPSA) is 83.1 Å². The smallest absolute Gasteiger partial charge is 0.242 e. The lowest BCUT2D eigenvalue weighted by molar-refractivity contribution is 0.479. The summed E-state index contributed by atoms with van der Waals surface area (Å²) in [5.74, 6) is 0.262. The zero-order chi connectivity index (χ0) is 13.9. The van der Waals surface area contributed by atoms with Gasteiger partial charge >= 0.3 is 0 Å². The molecule has 0 radical (unpaired) electrons. The largest absolute Gasteiger partial charge is 0.467 e. The van der Waals surface area contributed by atoms with Gasteiger partial charge in [-0.05, 0) is 31.2 Å². The van der Waals surface area contributed by atoms with Gasteiger partial charge in [-0.1, -0.05) is 17.7 Å². The van der Waals surface area contributed by atoms with Gasteiger partial charge in [-0.2, -0.15) is 9.98 Å². The molecule has 1 atom stereocenters. The third-order valence-electron chi connectivity index (χ3n) is 2.56. The van der Waals surface area contributed by atoms with E-state index in [-0.39, 0.29) is 10.7 Å². The van der Waals surface area contributed by atoms with Gasteiger partial charge in [0.15, 0.2) is 6.04 Å². The lowest BCUT2D eigenvalue weighted by Crippen LogP contribution is -2.27. The minimum atomic E-state index is -3.75. The number of nitriles is 1. The molecule has 0 spiro atoms. The van der Waals surface area contributed by atoms with Crippen LogP contribution in [0.4, 0.5) is 0 Å². The van der Waals surface area contributed by atoms with Crippen molar-refractivity contribution < 1.29 is 12.8 Å². The van der Waals surface area contributed by atoms with Crippen molar-refractivity contribution in [1.82, 2.24) is 4.72 Å². The maximum absolute atomic E-state index is 12.1. The van der Waals surface area contributed by atoms with Gasteiger partial charge in [0.05, 0.1) is 17.2 Å². The Morgan fingerprint density at radius 3 is 2.47 bits per heavy atom. The third kappa shape index (κ3) is 3.02. The van der Waals surface area contributed by atoms with E-state index in [4.69, 9.17) is 9.68 Å². The molecular weight excluding hydrogens is 264 g/mol. The number of furan rings is 1. The van der Waals surface area contributed by atoms with E-state index < -0.39 is 16.1 Å². The number of rotatable bonds is 4. The van der Waals surface area contributed by atoms with E-state index in [0.717, 1.165) is 5.56 Å². The quantitative estimate of drug-likeness (QED) is 0.927. The SMILES string of the molecule is Cc1ccc(S(=O)(=O)N[C@H](C#N)c2ccco2)cc1. The number of hydrogen-bond donors (Lipinski definition) is 1. The van der Waals surface area contributed by atoms with Crippen molar-refractivity contribution in [3.8, 4) is 6.07 Å². The summed E-state index contributed by atoms with van der Waals surface area (Å²) >= 11 is 0. The van der Waals surface area contributed by atoms with Crippen molar-refractivity contribution in [2.45, 2.75) is 17.9 Å². The monoisotopic (exact) mass is 276 g/mol. The summed E-state index contributed by atoms with van der Waals surface area (Å²) in [6.07, 6.45) is 1.39. The summed E-state index contributed by atoms with van der Waals surface area (Å²) < 4.78 is 31.5. The number of nitrogens with one attached hydrogen (secondary N) is 1. The molecule has 0 fully saturated rings. The Morgan fingerprint density at radius 2 is 1.95 bits per heavy atom. The van der Waals surface area contributed by atoms with Gasteiger partial charge in [0.1, 0.15) is 5.76 Å². The van der Waals surface area contributed by atoms with Gasteiger partial charge in [-0.3, -0.25) is 0 Å². The number of hydrogen-bond acceptors (Lipinski definition) is 4. The maximum Gasteiger partial charge on any atom is 0.242 e. The molecule has 1 aromatic heterocycles.